The van der Waals surface area contributed by atoms with Crippen LogP contribution in [-0.2, 0) is 14.4 Å². The van der Waals surface area contributed by atoms with Gasteiger partial charge in [0, 0.05) is 24.3 Å². The largest absolute Gasteiger partial charge is 0.376 e. The van der Waals surface area contributed by atoms with Crippen LogP contribution in [0.1, 0.15) is 28.7 Å². The van der Waals surface area contributed by atoms with Crippen LogP contribution in [0.3, 0.4) is 0 Å². The van der Waals surface area contributed by atoms with Crippen LogP contribution in [-0.4, -0.2) is 30.8 Å². The number of hydrogen-bond acceptors (Lipinski definition) is 4. The predicted octanol–water partition coefficient (Wildman–Crippen LogP) is 2.53. The first kappa shape index (κ1) is 21.4. The van der Waals surface area contributed by atoms with Crippen molar-refractivity contribution in [2.24, 2.45) is 5.92 Å². The lowest BCUT2D eigenvalue weighted by Crippen LogP contribution is -2.47. The highest BCUT2D eigenvalue weighted by Gasteiger charge is 2.35. The Bertz CT molecular complexity index is 986. The smallest absolute Gasteiger partial charge is 0.257 e. The quantitative estimate of drug-likeness (QED) is 0.663. The summed E-state index contributed by atoms with van der Waals surface area (Å²) < 4.78 is 0. The van der Waals surface area contributed by atoms with Crippen molar-refractivity contribution in [1.82, 2.24) is 10.9 Å². The highest BCUT2D eigenvalue weighted by atomic mass is 16.2. The van der Waals surface area contributed by atoms with Crippen molar-refractivity contribution < 1.29 is 14.4 Å². The minimum absolute atomic E-state index is 0.0301. The molecule has 0 spiro atoms. The van der Waals surface area contributed by atoms with Gasteiger partial charge in [0.15, 0.2) is 0 Å². The van der Waals surface area contributed by atoms with Crippen LogP contribution in [0.5, 0.6) is 0 Å². The number of carbonyl (C=O) groups excluding carboxylic acids is 3. The lowest BCUT2D eigenvalue weighted by molar-refractivity contribution is -0.130. The van der Waals surface area contributed by atoms with E-state index in [4.69, 9.17) is 0 Å². The average Bonchev–Trinajstić information content (AvgIpc) is 3.09. The Balaban J connectivity index is 1.51. The lowest BCUT2D eigenvalue weighted by atomic mass is 10.1. The van der Waals surface area contributed by atoms with E-state index in [-0.39, 0.29) is 30.7 Å². The Kier molecular flexibility index (Phi) is 6.40. The van der Waals surface area contributed by atoms with E-state index in [0.717, 1.165) is 33.6 Å². The Morgan fingerprint density at radius 2 is 1.80 bits per heavy atom. The predicted molar refractivity (Wildman–Crippen MR) is 117 cm³/mol. The first-order valence-electron chi connectivity index (χ1n) is 10.0. The molecule has 1 aliphatic heterocycles. The Morgan fingerprint density at radius 1 is 1.03 bits per heavy atom. The van der Waals surface area contributed by atoms with Crippen molar-refractivity contribution in [3.05, 3.63) is 58.7 Å². The van der Waals surface area contributed by atoms with Crippen LogP contribution in [0, 0.1) is 33.6 Å². The minimum Gasteiger partial charge on any atom is -0.376 e. The third-order valence-electron chi connectivity index (χ3n) is 5.51. The van der Waals surface area contributed by atoms with E-state index >= 15 is 0 Å². The number of carbonyl (C=O) groups is 3. The van der Waals surface area contributed by atoms with Gasteiger partial charge in [-0.15, -0.1) is 0 Å². The minimum atomic E-state index is -0.509. The second-order valence-electron chi connectivity index (χ2n) is 7.83. The standard InChI is InChI=1S/C23H28N4O3/c1-14-8-9-19(16(3)10-14)24-12-21(28)25-26-23(30)18-11-22(29)27(13-18)20-7-5-6-15(2)17(20)4/h5-10,18,24H,11-13H2,1-4H3,(H,25,28)(H,26,30). The van der Waals surface area contributed by atoms with Crippen LogP contribution in [0.25, 0.3) is 0 Å². The molecule has 2 aromatic rings. The van der Waals surface area contributed by atoms with E-state index in [1.165, 1.54) is 0 Å². The van der Waals surface area contributed by atoms with Gasteiger partial charge in [0.1, 0.15) is 0 Å². The zero-order valence-electron chi connectivity index (χ0n) is 17.8. The lowest BCUT2D eigenvalue weighted by Gasteiger charge is -2.20. The van der Waals surface area contributed by atoms with Crippen molar-refractivity contribution in [2.75, 3.05) is 23.3 Å². The summed E-state index contributed by atoms with van der Waals surface area (Å²) in [7, 11) is 0. The highest BCUT2D eigenvalue weighted by Crippen LogP contribution is 2.29. The fourth-order valence-electron chi connectivity index (χ4n) is 3.61. The average molecular weight is 409 g/mol. The van der Waals surface area contributed by atoms with E-state index in [2.05, 4.69) is 16.2 Å². The fraction of sp³-hybridized carbons (Fsp3) is 0.348. The summed E-state index contributed by atoms with van der Waals surface area (Å²) in [5.74, 6) is -1.33. The summed E-state index contributed by atoms with van der Waals surface area (Å²) in [6.45, 7) is 8.26. The molecule has 1 unspecified atom stereocenters. The van der Waals surface area contributed by atoms with Crippen molar-refractivity contribution in [1.29, 1.82) is 0 Å². The number of benzene rings is 2. The molecule has 7 nitrogen and oxygen atoms in total. The SMILES string of the molecule is Cc1ccc(NCC(=O)NNC(=O)C2CC(=O)N(c3cccc(C)c3C)C2)c(C)c1. The number of hydrazine groups is 1. The fourth-order valence-corrected chi connectivity index (χ4v) is 3.61. The van der Waals surface area contributed by atoms with Crippen LogP contribution in [0.4, 0.5) is 11.4 Å². The van der Waals surface area contributed by atoms with Gasteiger partial charge < -0.3 is 10.2 Å². The van der Waals surface area contributed by atoms with Crippen LogP contribution >= 0.6 is 0 Å². The maximum atomic E-state index is 12.5. The van der Waals surface area contributed by atoms with Crippen LogP contribution in [0.15, 0.2) is 36.4 Å². The molecule has 0 radical (unpaired) electrons. The summed E-state index contributed by atoms with van der Waals surface area (Å²) in [6.07, 6.45) is 0.121. The van der Waals surface area contributed by atoms with Crippen LogP contribution < -0.4 is 21.1 Å². The normalized spacial score (nSPS) is 15.8. The van der Waals surface area contributed by atoms with Crippen molar-refractivity contribution in [3.63, 3.8) is 0 Å². The van der Waals surface area contributed by atoms with Gasteiger partial charge in [0.25, 0.3) is 5.91 Å². The van der Waals surface area contributed by atoms with Crippen molar-refractivity contribution in [3.8, 4) is 0 Å². The number of nitrogens with one attached hydrogen (secondary N) is 3. The summed E-state index contributed by atoms with van der Waals surface area (Å²) in [5.41, 5.74) is 10.9. The Morgan fingerprint density at radius 3 is 2.53 bits per heavy atom. The first-order valence-corrected chi connectivity index (χ1v) is 10.0. The molecule has 1 atom stereocenters. The van der Waals surface area contributed by atoms with Gasteiger partial charge in [-0.2, -0.15) is 0 Å². The van der Waals surface area contributed by atoms with Gasteiger partial charge in [-0.25, -0.2) is 0 Å². The third-order valence-corrected chi connectivity index (χ3v) is 5.51. The van der Waals surface area contributed by atoms with Gasteiger partial charge >= 0.3 is 0 Å². The van der Waals surface area contributed by atoms with E-state index in [9.17, 15) is 14.4 Å². The maximum Gasteiger partial charge on any atom is 0.257 e. The molecule has 0 bridgehead atoms. The number of rotatable bonds is 5. The summed E-state index contributed by atoms with van der Waals surface area (Å²) in [5, 5.41) is 3.05. The van der Waals surface area contributed by atoms with E-state index in [1.807, 2.05) is 64.1 Å². The van der Waals surface area contributed by atoms with Crippen LogP contribution in [0.2, 0.25) is 0 Å². The molecule has 0 aliphatic carbocycles. The molecule has 1 heterocycles. The maximum absolute atomic E-state index is 12.5. The zero-order chi connectivity index (χ0) is 21.8. The molecular formula is C23H28N4O3. The van der Waals surface area contributed by atoms with Crippen molar-refractivity contribution in [2.45, 2.75) is 34.1 Å². The molecule has 3 rings (SSSR count). The molecule has 0 aromatic heterocycles. The number of aryl methyl sites for hydroxylation is 3. The highest BCUT2D eigenvalue weighted by molar-refractivity contribution is 6.01. The van der Waals surface area contributed by atoms with Gasteiger partial charge in [-0.05, 0) is 56.5 Å². The molecule has 0 saturated carbocycles. The summed E-state index contributed by atoms with van der Waals surface area (Å²) in [6, 6.07) is 11.7. The van der Waals surface area contributed by atoms with Gasteiger partial charge in [-0.3, -0.25) is 25.2 Å². The zero-order valence-corrected chi connectivity index (χ0v) is 17.8. The Hall–Kier alpha value is -3.35. The molecule has 3 N–H and O–H groups in total. The van der Waals surface area contributed by atoms with E-state index in [1.54, 1.807) is 4.90 Å². The number of hydrogen-bond donors (Lipinski definition) is 3. The van der Waals surface area contributed by atoms with E-state index in [0.29, 0.717) is 6.54 Å². The molecule has 1 aliphatic rings. The second-order valence-corrected chi connectivity index (χ2v) is 7.83. The molecule has 1 saturated heterocycles. The Labute approximate surface area is 176 Å². The molecule has 7 heteroatoms. The first-order chi connectivity index (χ1) is 14.3. The van der Waals surface area contributed by atoms with E-state index < -0.39 is 5.92 Å². The number of anilines is 2. The number of nitrogens with zero attached hydrogens (tertiary/aromatic N) is 1. The van der Waals surface area contributed by atoms with Crippen molar-refractivity contribution >= 4 is 29.1 Å². The number of amides is 3. The monoisotopic (exact) mass is 408 g/mol. The molecule has 30 heavy (non-hydrogen) atoms. The van der Waals surface area contributed by atoms with Gasteiger partial charge in [-0.1, -0.05) is 29.8 Å². The molecular weight excluding hydrogens is 380 g/mol. The summed E-state index contributed by atoms with van der Waals surface area (Å²) in [4.78, 5) is 38.6. The topological polar surface area (TPSA) is 90.5 Å². The molecule has 2 aromatic carbocycles. The summed E-state index contributed by atoms with van der Waals surface area (Å²) >= 11 is 0. The molecule has 1 fully saturated rings. The third kappa shape index (κ3) is 4.79. The second kappa shape index (κ2) is 8.98. The van der Waals surface area contributed by atoms with Gasteiger partial charge in [0.05, 0.1) is 12.5 Å². The molecule has 3 amide bonds. The molecule has 158 valence electrons. The van der Waals surface area contributed by atoms with Gasteiger partial charge in [0.2, 0.25) is 11.8 Å².